The van der Waals surface area contributed by atoms with Gasteiger partial charge in [0.15, 0.2) is 5.78 Å². The number of carbonyl (C=O) groups is 2. The molecule has 0 bridgehead atoms. The molecule has 14 nitrogen and oxygen atoms in total. The monoisotopic (exact) mass is 717 g/mol. The third kappa shape index (κ3) is 7.20. The smallest absolute Gasteiger partial charge is 0.256 e. The van der Waals surface area contributed by atoms with Gasteiger partial charge in [0.05, 0.1) is 61.3 Å². The molecule has 51 heavy (non-hydrogen) atoms. The molecule has 0 aromatic heterocycles. The van der Waals surface area contributed by atoms with Crippen molar-refractivity contribution < 1.29 is 33.1 Å². The molecule has 0 aromatic carbocycles. The summed E-state index contributed by atoms with van der Waals surface area (Å²) in [6.07, 6.45) is 6.12. The molecule has 0 spiro atoms. The van der Waals surface area contributed by atoms with Gasteiger partial charge in [-0.2, -0.15) is 0 Å². The van der Waals surface area contributed by atoms with Crippen LogP contribution in [0.5, 0.6) is 0 Å². The summed E-state index contributed by atoms with van der Waals surface area (Å²) in [4.78, 5) is 46.1. The van der Waals surface area contributed by atoms with E-state index < -0.39 is 42.2 Å². The molecule has 1 amide bonds. The highest BCUT2D eigenvalue weighted by molar-refractivity contribution is 6.20. The van der Waals surface area contributed by atoms with Crippen LogP contribution in [0.15, 0.2) is 11.8 Å². The molecule has 0 radical (unpaired) electrons. The van der Waals surface area contributed by atoms with E-state index in [2.05, 4.69) is 37.7 Å². The Kier molecular flexibility index (Phi) is 10.7. The van der Waals surface area contributed by atoms with E-state index in [1.54, 1.807) is 6.20 Å². The minimum absolute atomic E-state index is 0.00529. The van der Waals surface area contributed by atoms with Crippen molar-refractivity contribution in [2.45, 2.75) is 137 Å². The number of amides is 1. The van der Waals surface area contributed by atoms with Crippen molar-refractivity contribution in [2.24, 2.45) is 5.92 Å². The second-order valence-corrected chi connectivity index (χ2v) is 16.3. The number of ether oxygens (including phenoxy) is 3. The van der Waals surface area contributed by atoms with Gasteiger partial charge >= 0.3 is 0 Å². The summed E-state index contributed by atoms with van der Waals surface area (Å²) in [7, 11) is 2.15. The van der Waals surface area contributed by atoms with Crippen LogP contribution in [-0.4, -0.2) is 164 Å². The number of likely N-dealkylation sites (tertiary alicyclic amines) is 1. The maximum absolute atomic E-state index is 16.3. The average molecular weight is 718 g/mol. The molecule has 8 aliphatic rings. The quantitative estimate of drug-likeness (QED) is 0.126. The minimum atomic E-state index is -1.29. The van der Waals surface area contributed by atoms with Crippen molar-refractivity contribution in [3.63, 3.8) is 0 Å². The minimum Gasteiger partial charge on any atom is -0.379 e. The van der Waals surface area contributed by atoms with Crippen molar-refractivity contribution >= 4 is 11.7 Å². The fourth-order valence-corrected chi connectivity index (χ4v) is 10.6. The first-order valence-electron chi connectivity index (χ1n) is 19.6. The number of rotatable bonds is 10. The number of carbonyl (C=O) groups excluding carboxylic acids is 2. The summed E-state index contributed by atoms with van der Waals surface area (Å²) >= 11 is 0. The first-order chi connectivity index (χ1) is 24.7. The number of hydrogen-bond donors (Lipinski definition) is 3. The molecule has 5 heterocycles. The molecule has 4 saturated heterocycles. The Labute approximate surface area is 299 Å². The Hall–Kier alpha value is -2.27. The number of nitrogens with one attached hydrogen (secondary N) is 3. The number of Topliss-reactive ketones (excluding diaryl/α,β-unsaturated/α-hetero) is 1. The van der Waals surface area contributed by atoms with Crippen LogP contribution in [0.1, 0.15) is 64.2 Å². The number of nitro groups is 1. The lowest BCUT2D eigenvalue weighted by Crippen LogP contribution is -2.75. The van der Waals surface area contributed by atoms with Crippen LogP contribution >= 0.6 is 0 Å². The van der Waals surface area contributed by atoms with Crippen LogP contribution < -0.4 is 16.0 Å². The maximum Gasteiger partial charge on any atom is 0.256 e. The van der Waals surface area contributed by atoms with Gasteiger partial charge in [-0.1, -0.05) is 0 Å². The zero-order chi connectivity index (χ0) is 35.2. The van der Waals surface area contributed by atoms with E-state index in [9.17, 15) is 19.7 Å². The van der Waals surface area contributed by atoms with Gasteiger partial charge in [0.2, 0.25) is 6.04 Å². The number of hydrogen-bond acceptors (Lipinski definition) is 12. The normalized spacial score (nSPS) is 42.6. The number of fused-ring (bicyclic) bond motifs is 4. The Morgan fingerprint density at radius 3 is 2.65 bits per heavy atom. The van der Waals surface area contributed by atoms with Gasteiger partial charge in [-0.15, -0.1) is 0 Å². The van der Waals surface area contributed by atoms with Crippen molar-refractivity contribution in [1.82, 2.24) is 30.7 Å². The van der Waals surface area contributed by atoms with Crippen molar-refractivity contribution in [3.05, 3.63) is 21.9 Å². The number of ketones is 1. The van der Waals surface area contributed by atoms with E-state index in [1.807, 2.05) is 0 Å². The molecule has 13 atom stereocenters. The molecule has 284 valence electrons. The molecule has 15 heteroatoms. The Bertz CT molecular complexity index is 1340. The van der Waals surface area contributed by atoms with Crippen molar-refractivity contribution in [2.75, 3.05) is 59.5 Å². The number of halogens is 1. The summed E-state index contributed by atoms with van der Waals surface area (Å²) in [5.74, 6) is -1.41. The van der Waals surface area contributed by atoms with Gasteiger partial charge < -0.3 is 40.0 Å². The van der Waals surface area contributed by atoms with Crippen LogP contribution in [0.2, 0.25) is 0 Å². The molecular weight excluding hydrogens is 661 g/mol. The fraction of sp³-hybridized carbons (Fsp3) is 0.889. The van der Waals surface area contributed by atoms with Crippen LogP contribution in [-0.2, 0) is 23.8 Å². The number of nitrogens with zero attached hydrogens (tertiary/aromatic N) is 4. The third-order valence-electron chi connectivity index (χ3n) is 13.4. The van der Waals surface area contributed by atoms with E-state index in [4.69, 9.17) is 14.2 Å². The molecule has 13 unspecified atom stereocenters. The van der Waals surface area contributed by atoms with Crippen molar-refractivity contribution in [1.29, 1.82) is 0 Å². The van der Waals surface area contributed by atoms with Gasteiger partial charge in [-0.05, 0) is 78.0 Å². The largest absolute Gasteiger partial charge is 0.379 e. The van der Waals surface area contributed by atoms with Gasteiger partial charge in [-0.25, -0.2) is 4.39 Å². The second-order valence-electron chi connectivity index (χ2n) is 16.3. The zero-order valence-corrected chi connectivity index (χ0v) is 29.8. The SMILES string of the molecule is CN1CCCC1CCNC1C(F)CC2C(=O)C(C(=O)NCCCN3CCOCC3)=CN3C4CC5OC6CC([N+](=O)[O-])CCC6NC5CC4OC1C23. The lowest BCUT2D eigenvalue weighted by molar-refractivity contribution is -0.529. The van der Waals surface area contributed by atoms with Gasteiger partial charge in [0, 0.05) is 67.6 Å². The summed E-state index contributed by atoms with van der Waals surface area (Å²) in [5, 5.41) is 21.9. The van der Waals surface area contributed by atoms with E-state index in [0.717, 1.165) is 45.4 Å². The standard InChI is InChI=1S/C36H56FN7O7/c1-41-10-2-4-21(41)7-9-38-32-25(37)17-23-33-35(32)51-31-18-27-30(50-29-16-22(44(47)48)5-6-26(29)40-27)19-28(31)43(33)20-24(34(23)45)36(46)39-8-3-11-42-12-14-49-15-13-42/h20-23,25-33,35,38,40H,2-19H2,1H3,(H,39,46). The number of morpholine rings is 3. The fourth-order valence-electron chi connectivity index (χ4n) is 10.6. The molecular formula is C36H56FN7O7. The lowest BCUT2D eigenvalue weighted by atomic mass is 9.69. The Morgan fingerprint density at radius 1 is 1.04 bits per heavy atom. The molecule has 3 aliphatic carbocycles. The first-order valence-corrected chi connectivity index (χ1v) is 19.6. The third-order valence-corrected chi connectivity index (χ3v) is 13.4. The molecule has 0 aromatic rings. The van der Waals surface area contributed by atoms with Gasteiger partial charge in [0.1, 0.15) is 6.17 Å². The molecule has 7 fully saturated rings. The summed E-state index contributed by atoms with van der Waals surface area (Å²) in [6.45, 7) is 6.21. The average Bonchev–Trinajstić information content (AvgIpc) is 3.54. The molecule has 3 N–H and O–H groups in total. The number of alkyl halides is 1. The van der Waals surface area contributed by atoms with Crippen LogP contribution in [0.3, 0.4) is 0 Å². The highest BCUT2D eigenvalue weighted by atomic mass is 19.1. The predicted molar refractivity (Wildman–Crippen MR) is 184 cm³/mol. The van der Waals surface area contributed by atoms with Crippen LogP contribution in [0, 0.1) is 16.0 Å². The highest BCUT2D eigenvalue weighted by Crippen LogP contribution is 2.47. The summed E-state index contributed by atoms with van der Waals surface area (Å²) in [6, 6.07) is -1.20. The van der Waals surface area contributed by atoms with Crippen molar-refractivity contribution in [3.8, 4) is 0 Å². The molecule has 5 aliphatic heterocycles. The molecule has 8 rings (SSSR count). The summed E-state index contributed by atoms with van der Waals surface area (Å²) in [5.41, 5.74) is 0.0934. The van der Waals surface area contributed by atoms with Gasteiger partial charge in [0.25, 0.3) is 5.91 Å². The second kappa shape index (κ2) is 15.2. The highest BCUT2D eigenvalue weighted by Gasteiger charge is 2.60. The summed E-state index contributed by atoms with van der Waals surface area (Å²) < 4.78 is 35.4. The Balaban J connectivity index is 1.01. The first kappa shape index (κ1) is 35.7. The van der Waals surface area contributed by atoms with E-state index in [1.165, 1.54) is 6.42 Å². The van der Waals surface area contributed by atoms with E-state index in [0.29, 0.717) is 64.4 Å². The zero-order valence-electron chi connectivity index (χ0n) is 29.8. The van der Waals surface area contributed by atoms with Crippen LogP contribution in [0.4, 0.5) is 4.39 Å². The van der Waals surface area contributed by atoms with Gasteiger partial charge in [-0.3, -0.25) is 24.6 Å². The topological polar surface area (TPSA) is 151 Å². The predicted octanol–water partition coefficient (Wildman–Crippen LogP) is 0.616. The Morgan fingerprint density at radius 2 is 1.86 bits per heavy atom. The lowest BCUT2D eigenvalue weighted by Gasteiger charge is -2.61. The van der Waals surface area contributed by atoms with Crippen LogP contribution in [0.25, 0.3) is 0 Å². The van der Waals surface area contributed by atoms with E-state index in [-0.39, 0.29) is 59.1 Å². The molecule has 3 saturated carbocycles. The van der Waals surface area contributed by atoms with E-state index >= 15 is 4.39 Å². The maximum atomic E-state index is 16.3.